The predicted molar refractivity (Wildman–Crippen MR) is 80.0 cm³/mol. The summed E-state index contributed by atoms with van der Waals surface area (Å²) in [7, 11) is 0. The van der Waals surface area contributed by atoms with Gasteiger partial charge in [0, 0.05) is 0 Å². The Morgan fingerprint density at radius 2 is 1.50 bits per heavy atom. The van der Waals surface area contributed by atoms with Gasteiger partial charge in [0.15, 0.2) is 0 Å². The number of hydrogen-bond donors (Lipinski definition) is 0. The Balaban J connectivity index is -0.000000529. The molecule has 0 unspecified atom stereocenters. The fourth-order valence-corrected chi connectivity index (χ4v) is 1.47. The molecule has 0 aromatic heterocycles. The van der Waals surface area contributed by atoms with Gasteiger partial charge in [0.25, 0.3) is 0 Å². The van der Waals surface area contributed by atoms with Crippen molar-refractivity contribution in [2.24, 2.45) is 0 Å². The van der Waals surface area contributed by atoms with Gasteiger partial charge in [-0.05, 0) is 26.7 Å². The van der Waals surface area contributed by atoms with Gasteiger partial charge in [-0.2, -0.15) is 0 Å². The summed E-state index contributed by atoms with van der Waals surface area (Å²) in [6.45, 7) is 10.5. The van der Waals surface area contributed by atoms with Crippen LogP contribution in [0.3, 0.4) is 0 Å². The molecule has 0 heterocycles. The van der Waals surface area contributed by atoms with E-state index < -0.39 is 0 Å². The molecule has 16 heavy (non-hydrogen) atoms. The third-order valence-electron chi connectivity index (χ3n) is 2.32. The van der Waals surface area contributed by atoms with Crippen LogP contribution >= 0.6 is 0 Å². The molecule has 0 saturated heterocycles. The van der Waals surface area contributed by atoms with Crippen LogP contribution in [0.1, 0.15) is 80.6 Å². The van der Waals surface area contributed by atoms with Crippen molar-refractivity contribution in [3.63, 3.8) is 0 Å². The molecular weight excluding hydrogens is 192 g/mol. The molecule has 0 aromatic carbocycles. The van der Waals surface area contributed by atoms with Crippen LogP contribution < -0.4 is 0 Å². The highest BCUT2D eigenvalue weighted by atomic mass is 14.0. The SMILES string of the molecule is C.C/C=C\C(=C/C)CCCCCCC.CC. The first-order chi connectivity index (χ1) is 7.35. The van der Waals surface area contributed by atoms with Crippen molar-refractivity contribution >= 4 is 0 Å². The van der Waals surface area contributed by atoms with Crippen molar-refractivity contribution in [1.82, 2.24) is 0 Å². The molecule has 0 rings (SSSR count). The lowest BCUT2D eigenvalue weighted by atomic mass is 10.1. The smallest absolute Gasteiger partial charge is 0.0282 e. The first-order valence-electron chi connectivity index (χ1n) is 6.63. The standard InChI is InChI=1S/C13H24.C2H6.CH4/c1-4-7-8-9-10-12-13(6-3)11-5-2;1-2;/h5-6,11H,4,7-10,12H2,1-3H3;1-2H3;1H4/b11-5-,13-6+;;. The quantitative estimate of drug-likeness (QED) is 0.342. The first-order valence-corrected chi connectivity index (χ1v) is 6.63. The van der Waals surface area contributed by atoms with E-state index in [1.165, 1.54) is 44.1 Å². The lowest BCUT2D eigenvalue weighted by Gasteiger charge is -2.01. The second kappa shape index (κ2) is 20.0. The minimum Gasteiger partial charge on any atom is -0.0874 e. The summed E-state index contributed by atoms with van der Waals surface area (Å²) in [5.74, 6) is 0. The number of unbranched alkanes of at least 4 members (excludes halogenated alkanes) is 4. The van der Waals surface area contributed by atoms with Crippen molar-refractivity contribution in [3.05, 3.63) is 23.8 Å². The van der Waals surface area contributed by atoms with Crippen molar-refractivity contribution in [2.75, 3.05) is 0 Å². The summed E-state index contributed by atoms with van der Waals surface area (Å²) in [6.07, 6.45) is 14.7. The van der Waals surface area contributed by atoms with E-state index in [9.17, 15) is 0 Å². The summed E-state index contributed by atoms with van der Waals surface area (Å²) >= 11 is 0. The Labute approximate surface area is 105 Å². The monoisotopic (exact) mass is 226 g/mol. The van der Waals surface area contributed by atoms with Gasteiger partial charge in [0.05, 0.1) is 0 Å². The van der Waals surface area contributed by atoms with Crippen LogP contribution in [-0.4, -0.2) is 0 Å². The van der Waals surface area contributed by atoms with E-state index in [2.05, 4.69) is 39.0 Å². The number of rotatable bonds is 7. The van der Waals surface area contributed by atoms with Gasteiger partial charge in [-0.25, -0.2) is 0 Å². The van der Waals surface area contributed by atoms with Gasteiger partial charge in [-0.3, -0.25) is 0 Å². The molecule has 0 nitrogen and oxygen atoms in total. The normalized spacial score (nSPS) is 10.7. The van der Waals surface area contributed by atoms with Gasteiger partial charge in [0.1, 0.15) is 0 Å². The first kappa shape index (κ1) is 20.8. The molecule has 0 aliphatic carbocycles. The van der Waals surface area contributed by atoms with Gasteiger partial charge < -0.3 is 0 Å². The zero-order valence-corrected chi connectivity index (χ0v) is 11.5. The topological polar surface area (TPSA) is 0 Å². The lowest BCUT2D eigenvalue weighted by molar-refractivity contribution is 0.633. The maximum Gasteiger partial charge on any atom is -0.0282 e. The van der Waals surface area contributed by atoms with Crippen LogP contribution in [0.5, 0.6) is 0 Å². The van der Waals surface area contributed by atoms with Crippen molar-refractivity contribution in [3.8, 4) is 0 Å². The van der Waals surface area contributed by atoms with Crippen molar-refractivity contribution < 1.29 is 0 Å². The molecule has 0 bridgehead atoms. The van der Waals surface area contributed by atoms with Crippen LogP contribution in [0.2, 0.25) is 0 Å². The van der Waals surface area contributed by atoms with E-state index in [1.54, 1.807) is 0 Å². The molecule has 0 fully saturated rings. The lowest BCUT2D eigenvalue weighted by Crippen LogP contribution is -1.81. The largest absolute Gasteiger partial charge is 0.0874 e. The molecule has 0 saturated carbocycles. The van der Waals surface area contributed by atoms with E-state index in [0.717, 1.165) is 0 Å². The zero-order valence-electron chi connectivity index (χ0n) is 11.5. The summed E-state index contributed by atoms with van der Waals surface area (Å²) in [5.41, 5.74) is 1.49. The fraction of sp³-hybridized carbons (Fsp3) is 0.750. The summed E-state index contributed by atoms with van der Waals surface area (Å²) in [5, 5.41) is 0. The predicted octanol–water partition coefficient (Wildman–Crippen LogP) is 6.53. The van der Waals surface area contributed by atoms with Crippen LogP contribution in [0.25, 0.3) is 0 Å². The molecule has 0 radical (unpaired) electrons. The second-order valence-electron chi connectivity index (χ2n) is 3.53. The van der Waals surface area contributed by atoms with Crippen LogP contribution in [0.15, 0.2) is 23.8 Å². The highest BCUT2D eigenvalue weighted by Crippen LogP contribution is 2.11. The minimum absolute atomic E-state index is 0. The van der Waals surface area contributed by atoms with Gasteiger partial charge in [-0.1, -0.05) is 77.7 Å². The molecule has 0 aromatic rings. The maximum atomic E-state index is 2.26. The highest BCUT2D eigenvalue weighted by molar-refractivity contribution is 5.16. The molecule has 98 valence electrons. The molecule has 0 atom stereocenters. The average Bonchev–Trinajstić information content (AvgIpc) is 2.30. The summed E-state index contributed by atoms with van der Waals surface area (Å²) in [6, 6.07) is 0. The third kappa shape index (κ3) is 15.9. The highest BCUT2D eigenvalue weighted by Gasteiger charge is 1.91. The summed E-state index contributed by atoms with van der Waals surface area (Å²) in [4.78, 5) is 0. The van der Waals surface area contributed by atoms with E-state index >= 15 is 0 Å². The Bertz CT molecular complexity index is 151. The Morgan fingerprint density at radius 1 is 0.938 bits per heavy atom. The van der Waals surface area contributed by atoms with Crippen LogP contribution in [0, 0.1) is 0 Å². The molecule has 0 spiro atoms. The molecular formula is C16H34. The second-order valence-corrected chi connectivity index (χ2v) is 3.53. The van der Waals surface area contributed by atoms with Gasteiger partial charge in [0.2, 0.25) is 0 Å². The Kier molecular flexibility index (Phi) is 26.0. The molecule has 0 N–H and O–H groups in total. The van der Waals surface area contributed by atoms with Gasteiger partial charge in [-0.15, -0.1) is 0 Å². The van der Waals surface area contributed by atoms with E-state index in [-0.39, 0.29) is 7.43 Å². The summed E-state index contributed by atoms with van der Waals surface area (Å²) < 4.78 is 0. The minimum atomic E-state index is 0. The van der Waals surface area contributed by atoms with E-state index in [0.29, 0.717) is 0 Å². The van der Waals surface area contributed by atoms with Crippen molar-refractivity contribution in [2.45, 2.75) is 80.6 Å². The van der Waals surface area contributed by atoms with E-state index in [1.807, 2.05) is 13.8 Å². The fourth-order valence-electron chi connectivity index (χ4n) is 1.47. The molecule has 0 heteroatoms. The maximum absolute atomic E-state index is 2.26. The molecule has 0 aliphatic heterocycles. The number of hydrogen-bond acceptors (Lipinski definition) is 0. The average molecular weight is 226 g/mol. The Hall–Kier alpha value is -0.520. The molecule has 0 aliphatic rings. The van der Waals surface area contributed by atoms with Gasteiger partial charge >= 0.3 is 0 Å². The third-order valence-corrected chi connectivity index (χ3v) is 2.32. The van der Waals surface area contributed by atoms with Crippen molar-refractivity contribution in [1.29, 1.82) is 0 Å². The van der Waals surface area contributed by atoms with Crippen LogP contribution in [-0.2, 0) is 0 Å². The zero-order chi connectivity index (χ0) is 11.9. The number of allylic oxidation sites excluding steroid dienone is 4. The Morgan fingerprint density at radius 3 is 1.94 bits per heavy atom. The van der Waals surface area contributed by atoms with E-state index in [4.69, 9.17) is 0 Å². The molecule has 0 amide bonds. The van der Waals surface area contributed by atoms with Crippen LogP contribution in [0.4, 0.5) is 0 Å².